The van der Waals surface area contributed by atoms with Crippen molar-refractivity contribution < 1.29 is 4.92 Å². The first-order valence-electron chi connectivity index (χ1n) is 6.98. The van der Waals surface area contributed by atoms with Crippen LogP contribution in [0.2, 0.25) is 10.0 Å². The van der Waals surface area contributed by atoms with Crippen molar-refractivity contribution in [3.63, 3.8) is 0 Å². The van der Waals surface area contributed by atoms with Gasteiger partial charge in [-0.3, -0.25) is 15.0 Å². The molecule has 1 aromatic carbocycles. The van der Waals surface area contributed by atoms with Gasteiger partial charge in [0.25, 0.3) is 5.69 Å². The second kappa shape index (κ2) is 7.63. The molecule has 0 spiro atoms. The lowest BCUT2D eigenvalue weighted by Crippen LogP contribution is -2.36. The van der Waals surface area contributed by atoms with Crippen molar-refractivity contribution in [3.8, 4) is 6.07 Å². The predicted octanol–water partition coefficient (Wildman–Crippen LogP) is 3.55. The average Bonchev–Trinajstić information content (AvgIpc) is 2.48. The fraction of sp³-hybridized carbons (Fsp3) is 0.500. The van der Waals surface area contributed by atoms with E-state index in [-0.39, 0.29) is 15.7 Å². The maximum Gasteiger partial charge on any atom is 0.272 e. The molecule has 0 aliphatic carbocycles. The molecule has 1 aromatic rings. The van der Waals surface area contributed by atoms with E-state index < -0.39 is 4.92 Å². The number of nitrogens with one attached hydrogen (secondary N) is 1. The third kappa shape index (κ3) is 4.23. The van der Waals surface area contributed by atoms with Crippen LogP contribution in [0.4, 0.5) is 11.4 Å². The number of anilines is 1. The van der Waals surface area contributed by atoms with Gasteiger partial charge in [0.1, 0.15) is 0 Å². The van der Waals surface area contributed by atoms with Crippen molar-refractivity contribution in [2.45, 2.75) is 12.8 Å². The molecule has 0 aromatic heterocycles. The van der Waals surface area contributed by atoms with E-state index in [0.717, 1.165) is 25.9 Å². The topological polar surface area (TPSA) is 82.2 Å². The molecule has 0 saturated carbocycles. The summed E-state index contributed by atoms with van der Waals surface area (Å²) < 4.78 is 0. The molecule has 6 nitrogen and oxygen atoms in total. The Morgan fingerprint density at radius 1 is 1.36 bits per heavy atom. The van der Waals surface area contributed by atoms with E-state index >= 15 is 0 Å². The number of hydrogen-bond donors (Lipinski definition) is 1. The number of benzene rings is 1. The summed E-state index contributed by atoms with van der Waals surface area (Å²) in [5.41, 5.74) is 0.416. The maximum absolute atomic E-state index is 10.7. The van der Waals surface area contributed by atoms with Gasteiger partial charge < -0.3 is 5.32 Å². The largest absolute Gasteiger partial charge is 0.382 e. The highest BCUT2D eigenvalue weighted by atomic mass is 35.5. The second-order valence-electron chi connectivity index (χ2n) is 5.30. The Kier molecular flexibility index (Phi) is 5.83. The number of nitro benzene ring substituents is 1. The molecule has 1 aliphatic rings. The molecule has 1 fully saturated rings. The standard InChI is InChI=1S/C14H16Cl2N4O2/c15-12-7-11(20(21)22)8-13(16)14(12)18-9-10-1-4-19(5-2-10)6-3-17/h7-8,10,18H,1-2,4-6,9H2. The molecule has 0 atom stereocenters. The fourth-order valence-corrected chi connectivity index (χ4v) is 3.14. The molecule has 1 N–H and O–H groups in total. The SMILES string of the molecule is N#CCN1CCC(CNc2c(Cl)cc([N+](=O)[O-])cc2Cl)CC1. The molecule has 0 amide bonds. The first-order valence-corrected chi connectivity index (χ1v) is 7.73. The van der Waals surface area contributed by atoms with Gasteiger partial charge >= 0.3 is 0 Å². The van der Waals surface area contributed by atoms with Crippen LogP contribution in [0.25, 0.3) is 0 Å². The summed E-state index contributed by atoms with van der Waals surface area (Å²) in [5.74, 6) is 0.470. The van der Waals surface area contributed by atoms with E-state index in [9.17, 15) is 10.1 Å². The lowest BCUT2D eigenvalue weighted by Gasteiger charge is -2.30. The highest BCUT2D eigenvalue weighted by molar-refractivity contribution is 6.39. The van der Waals surface area contributed by atoms with Gasteiger partial charge in [-0.25, -0.2) is 0 Å². The van der Waals surface area contributed by atoms with E-state index in [1.165, 1.54) is 12.1 Å². The number of non-ortho nitro benzene ring substituents is 1. The van der Waals surface area contributed by atoms with E-state index in [1.807, 2.05) is 0 Å². The van der Waals surface area contributed by atoms with Crippen LogP contribution >= 0.6 is 23.2 Å². The van der Waals surface area contributed by atoms with E-state index in [4.69, 9.17) is 28.5 Å². The summed E-state index contributed by atoms with van der Waals surface area (Å²) in [5, 5.41) is 23.1. The van der Waals surface area contributed by atoms with Crippen LogP contribution in [0.3, 0.4) is 0 Å². The van der Waals surface area contributed by atoms with Crippen LogP contribution in [0.15, 0.2) is 12.1 Å². The molecular weight excluding hydrogens is 327 g/mol. The normalized spacial score (nSPS) is 16.2. The van der Waals surface area contributed by atoms with Crippen LogP contribution in [0.1, 0.15) is 12.8 Å². The molecular formula is C14H16Cl2N4O2. The zero-order chi connectivity index (χ0) is 16.1. The van der Waals surface area contributed by atoms with Gasteiger partial charge in [-0.1, -0.05) is 23.2 Å². The Balaban J connectivity index is 1.93. The Morgan fingerprint density at radius 3 is 2.45 bits per heavy atom. The van der Waals surface area contributed by atoms with E-state index in [1.54, 1.807) is 0 Å². The highest BCUT2D eigenvalue weighted by Gasteiger charge is 2.20. The average molecular weight is 343 g/mol. The Labute approximate surface area is 138 Å². The molecule has 1 saturated heterocycles. The van der Waals surface area contributed by atoms with Crippen molar-refractivity contribution in [2.24, 2.45) is 5.92 Å². The third-order valence-electron chi connectivity index (χ3n) is 3.81. The number of nitriles is 1. The van der Waals surface area contributed by atoms with Crippen molar-refractivity contribution in [1.29, 1.82) is 5.26 Å². The molecule has 22 heavy (non-hydrogen) atoms. The lowest BCUT2D eigenvalue weighted by atomic mass is 9.97. The number of nitro groups is 1. The summed E-state index contributed by atoms with van der Waals surface area (Å²) in [6.45, 7) is 2.99. The van der Waals surface area contributed by atoms with Gasteiger partial charge in [0.15, 0.2) is 0 Å². The van der Waals surface area contributed by atoms with Gasteiger partial charge in [-0.15, -0.1) is 0 Å². The number of hydrogen-bond acceptors (Lipinski definition) is 5. The summed E-state index contributed by atoms with van der Waals surface area (Å²) in [6, 6.07) is 4.75. The monoisotopic (exact) mass is 342 g/mol. The minimum absolute atomic E-state index is 0.120. The van der Waals surface area contributed by atoms with Crippen LogP contribution in [-0.4, -0.2) is 36.0 Å². The van der Waals surface area contributed by atoms with Crippen molar-refractivity contribution in [1.82, 2.24) is 4.90 Å². The first-order chi connectivity index (χ1) is 10.5. The van der Waals surface area contributed by atoms with Crippen LogP contribution < -0.4 is 5.32 Å². The van der Waals surface area contributed by atoms with Gasteiger partial charge in [0.05, 0.1) is 33.3 Å². The molecule has 0 bridgehead atoms. The van der Waals surface area contributed by atoms with Crippen LogP contribution in [-0.2, 0) is 0 Å². The summed E-state index contributed by atoms with van der Waals surface area (Å²) in [7, 11) is 0. The van der Waals surface area contributed by atoms with Crippen LogP contribution in [0, 0.1) is 27.4 Å². The number of rotatable bonds is 5. The summed E-state index contributed by atoms with van der Waals surface area (Å²) in [4.78, 5) is 12.4. The van der Waals surface area contributed by atoms with Gasteiger partial charge in [-0.05, 0) is 31.8 Å². The minimum Gasteiger partial charge on any atom is -0.382 e. The van der Waals surface area contributed by atoms with E-state index in [2.05, 4.69) is 16.3 Å². The van der Waals surface area contributed by atoms with Crippen LogP contribution in [0.5, 0.6) is 0 Å². The molecule has 1 aliphatic heterocycles. The van der Waals surface area contributed by atoms with E-state index in [0.29, 0.717) is 24.7 Å². The zero-order valence-corrected chi connectivity index (χ0v) is 13.4. The molecule has 0 radical (unpaired) electrons. The Hall–Kier alpha value is -1.55. The molecule has 8 heteroatoms. The number of piperidine rings is 1. The summed E-state index contributed by atoms with van der Waals surface area (Å²) >= 11 is 12.1. The lowest BCUT2D eigenvalue weighted by molar-refractivity contribution is -0.384. The quantitative estimate of drug-likeness (QED) is 0.502. The maximum atomic E-state index is 10.7. The number of nitrogens with zero attached hydrogens (tertiary/aromatic N) is 3. The Bertz CT molecular complexity index is 572. The number of likely N-dealkylation sites (tertiary alicyclic amines) is 1. The first kappa shape index (κ1) is 16.8. The highest BCUT2D eigenvalue weighted by Crippen LogP contribution is 2.35. The predicted molar refractivity (Wildman–Crippen MR) is 86.4 cm³/mol. The minimum atomic E-state index is -0.521. The smallest absolute Gasteiger partial charge is 0.272 e. The Morgan fingerprint density at radius 2 is 1.95 bits per heavy atom. The van der Waals surface area contributed by atoms with Gasteiger partial charge in [0, 0.05) is 18.7 Å². The van der Waals surface area contributed by atoms with Gasteiger partial charge in [0.2, 0.25) is 0 Å². The second-order valence-corrected chi connectivity index (χ2v) is 6.11. The van der Waals surface area contributed by atoms with Crippen molar-refractivity contribution >= 4 is 34.6 Å². The fourth-order valence-electron chi connectivity index (χ4n) is 2.53. The van der Waals surface area contributed by atoms with Gasteiger partial charge in [-0.2, -0.15) is 5.26 Å². The number of halogens is 2. The molecule has 118 valence electrons. The van der Waals surface area contributed by atoms with Crippen molar-refractivity contribution in [2.75, 3.05) is 31.5 Å². The summed E-state index contributed by atoms with van der Waals surface area (Å²) in [6.07, 6.45) is 1.99. The molecule has 1 heterocycles. The van der Waals surface area contributed by atoms with Crippen molar-refractivity contribution in [3.05, 3.63) is 32.3 Å². The molecule has 0 unspecified atom stereocenters. The third-order valence-corrected chi connectivity index (χ3v) is 4.40. The molecule has 2 rings (SSSR count). The zero-order valence-electron chi connectivity index (χ0n) is 11.9.